The van der Waals surface area contributed by atoms with E-state index in [1.165, 1.54) is 0 Å². The molecule has 1 heterocycles. The molecule has 2 aromatic carbocycles. The summed E-state index contributed by atoms with van der Waals surface area (Å²) >= 11 is 0. The maximum Gasteiger partial charge on any atom is 0.229 e. The number of carbonyl (C=O) groups excluding carboxylic acids is 1. The minimum Gasteiger partial charge on any atom is -0.341 e. The molecule has 1 atom stereocenters. The van der Waals surface area contributed by atoms with Gasteiger partial charge < -0.3 is 4.90 Å². The first-order valence-corrected chi connectivity index (χ1v) is 8.04. The molecule has 0 N–H and O–H groups in total. The van der Waals surface area contributed by atoms with Gasteiger partial charge in [0.15, 0.2) is 0 Å². The van der Waals surface area contributed by atoms with E-state index in [4.69, 9.17) is 0 Å². The van der Waals surface area contributed by atoms with E-state index < -0.39 is 0 Å². The van der Waals surface area contributed by atoms with Gasteiger partial charge in [-0.3, -0.25) is 4.79 Å². The molecule has 0 saturated heterocycles. The zero-order valence-electron chi connectivity index (χ0n) is 14.0. The van der Waals surface area contributed by atoms with E-state index in [1.54, 1.807) is 11.1 Å². The Balaban J connectivity index is 1.66. The third-order valence-corrected chi connectivity index (χ3v) is 4.17. The number of amides is 1. The van der Waals surface area contributed by atoms with Gasteiger partial charge in [0, 0.05) is 26.0 Å². The second-order valence-electron chi connectivity index (χ2n) is 5.94. The van der Waals surface area contributed by atoms with Crippen LogP contribution in [0.4, 0.5) is 0 Å². The van der Waals surface area contributed by atoms with Crippen LogP contribution in [0.15, 0.2) is 73.1 Å². The highest BCUT2D eigenvalue weighted by atomic mass is 16.2. The second kappa shape index (κ2) is 7.13. The number of rotatable bonds is 5. The molecular weight excluding hydrogens is 298 g/mol. The Morgan fingerprint density at radius 1 is 1.08 bits per heavy atom. The van der Waals surface area contributed by atoms with E-state index >= 15 is 0 Å². The van der Waals surface area contributed by atoms with Crippen LogP contribution >= 0.6 is 0 Å². The smallest absolute Gasteiger partial charge is 0.229 e. The van der Waals surface area contributed by atoms with Crippen LogP contribution in [0.5, 0.6) is 0 Å². The average Bonchev–Trinajstić information content (AvgIpc) is 3.16. The zero-order valence-corrected chi connectivity index (χ0v) is 14.0. The maximum absolute atomic E-state index is 12.6. The summed E-state index contributed by atoms with van der Waals surface area (Å²) in [7, 11) is 1.85. The summed E-state index contributed by atoms with van der Waals surface area (Å²) in [4.78, 5) is 14.4. The van der Waals surface area contributed by atoms with Gasteiger partial charge in [0.1, 0.15) is 0 Å². The Kier molecular flexibility index (Phi) is 4.75. The van der Waals surface area contributed by atoms with E-state index in [0.717, 1.165) is 16.8 Å². The average molecular weight is 319 g/mol. The van der Waals surface area contributed by atoms with Gasteiger partial charge in [0.05, 0.1) is 11.6 Å². The number of likely N-dealkylation sites (N-methyl/N-ethyl adjacent to an activating group) is 1. The number of hydrogen-bond acceptors (Lipinski definition) is 2. The van der Waals surface area contributed by atoms with E-state index in [1.807, 2.05) is 85.5 Å². The lowest BCUT2D eigenvalue weighted by Gasteiger charge is -2.22. The predicted octanol–water partition coefficient (Wildman–Crippen LogP) is 3.63. The first kappa shape index (κ1) is 16.0. The standard InChI is InChI=1S/C20H21N3O/c1-16(18-7-4-3-5-8-18)20(24)22(2)15-17-9-11-19(12-10-17)23-14-6-13-21-23/h3-14,16H,15H2,1-2H3/t16-/m0/s1. The fourth-order valence-corrected chi connectivity index (χ4v) is 2.74. The molecule has 0 spiro atoms. The summed E-state index contributed by atoms with van der Waals surface area (Å²) in [6.07, 6.45) is 3.66. The minimum atomic E-state index is -0.139. The Morgan fingerprint density at radius 2 is 1.79 bits per heavy atom. The quantitative estimate of drug-likeness (QED) is 0.720. The normalized spacial score (nSPS) is 11.9. The highest BCUT2D eigenvalue weighted by Gasteiger charge is 2.19. The van der Waals surface area contributed by atoms with Gasteiger partial charge >= 0.3 is 0 Å². The van der Waals surface area contributed by atoms with Crippen molar-refractivity contribution in [3.05, 3.63) is 84.2 Å². The fourth-order valence-electron chi connectivity index (χ4n) is 2.74. The number of hydrogen-bond donors (Lipinski definition) is 0. The molecule has 0 bridgehead atoms. The van der Waals surface area contributed by atoms with Gasteiger partial charge in [-0.25, -0.2) is 4.68 Å². The molecule has 3 rings (SSSR count). The summed E-state index contributed by atoms with van der Waals surface area (Å²) in [5.41, 5.74) is 3.15. The van der Waals surface area contributed by atoms with Crippen molar-refractivity contribution in [2.24, 2.45) is 0 Å². The van der Waals surface area contributed by atoms with Crippen LogP contribution in [0, 0.1) is 0 Å². The molecule has 0 aliphatic carbocycles. The molecule has 0 aliphatic heterocycles. The van der Waals surface area contributed by atoms with Crippen LogP contribution in [0.3, 0.4) is 0 Å². The molecule has 1 amide bonds. The van der Waals surface area contributed by atoms with Crippen molar-refractivity contribution >= 4 is 5.91 Å². The second-order valence-corrected chi connectivity index (χ2v) is 5.94. The number of aromatic nitrogens is 2. The maximum atomic E-state index is 12.6. The molecule has 4 heteroatoms. The summed E-state index contributed by atoms with van der Waals surface area (Å²) in [6, 6.07) is 19.9. The van der Waals surface area contributed by atoms with Crippen molar-refractivity contribution in [2.45, 2.75) is 19.4 Å². The number of carbonyl (C=O) groups is 1. The van der Waals surface area contributed by atoms with Crippen molar-refractivity contribution in [3.63, 3.8) is 0 Å². The predicted molar refractivity (Wildman–Crippen MR) is 94.9 cm³/mol. The third-order valence-electron chi connectivity index (χ3n) is 4.17. The molecular formula is C20H21N3O. The fraction of sp³-hybridized carbons (Fsp3) is 0.200. The van der Waals surface area contributed by atoms with Gasteiger partial charge in [-0.05, 0) is 36.2 Å². The largest absolute Gasteiger partial charge is 0.341 e. The van der Waals surface area contributed by atoms with Crippen LogP contribution in [-0.4, -0.2) is 27.6 Å². The Labute approximate surface area is 142 Å². The van der Waals surface area contributed by atoms with E-state index in [2.05, 4.69) is 5.10 Å². The molecule has 4 nitrogen and oxygen atoms in total. The molecule has 0 radical (unpaired) electrons. The summed E-state index contributed by atoms with van der Waals surface area (Å²) in [6.45, 7) is 2.55. The summed E-state index contributed by atoms with van der Waals surface area (Å²) in [5.74, 6) is -0.0168. The Morgan fingerprint density at radius 3 is 2.42 bits per heavy atom. The third kappa shape index (κ3) is 3.54. The molecule has 0 fully saturated rings. The lowest BCUT2D eigenvalue weighted by molar-refractivity contribution is -0.131. The van der Waals surface area contributed by atoms with Gasteiger partial charge in [-0.15, -0.1) is 0 Å². The Hall–Kier alpha value is -2.88. The minimum absolute atomic E-state index is 0.123. The SMILES string of the molecule is C[C@H](C(=O)N(C)Cc1ccc(-n2cccn2)cc1)c1ccccc1. The molecule has 3 aromatic rings. The highest BCUT2D eigenvalue weighted by molar-refractivity contribution is 5.83. The lowest BCUT2D eigenvalue weighted by atomic mass is 10.00. The van der Waals surface area contributed by atoms with Crippen molar-refractivity contribution in [3.8, 4) is 5.69 Å². The van der Waals surface area contributed by atoms with E-state index in [-0.39, 0.29) is 11.8 Å². The van der Waals surface area contributed by atoms with Crippen molar-refractivity contribution in [2.75, 3.05) is 7.05 Å². The molecule has 24 heavy (non-hydrogen) atoms. The number of nitrogens with zero attached hydrogens (tertiary/aromatic N) is 3. The molecule has 0 unspecified atom stereocenters. The monoisotopic (exact) mass is 319 g/mol. The van der Waals surface area contributed by atoms with E-state index in [9.17, 15) is 4.79 Å². The van der Waals surface area contributed by atoms with Gasteiger partial charge in [0.2, 0.25) is 5.91 Å². The lowest BCUT2D eigenvalue weighted by Crippen LogP contribution is -2.30. The topological polar surface area (TPSA) is 38.1 Å². The zero-order chi connectivity index (χ0) is 16.9. The molecule has 122 valence electrons. The van der Waals surface area contributed by atoms with Crippen LogP contribution in [-0.2, 0) is 11.3 Å². The van der Waals surface area contributed by atoms with Crippen molar-refractivity contribution in [1.29, 1.82) is 0 Å². The van der Waals surface area contributed by atoms with Crippen LogP contribution in [0.25, 0.3) is 5.69 Å². The van der Waals surface area contributed by atoms with Gasteiger partial charge in [0.25, 0.3) is 0 Å². The molecule has 1 aromatic heterocycles. The van der Waals surface area contributed by atoms with Crippen molar-refractivity contribution < 1.29 is 4.79 Å². The summed E-state index contributed by atoms with van der Waals surface area (Å²) < 4.78 is 1.82. The van der Waals surface area contributed by atoms with Crippen LogP contribution in [0.2, 0.25) is 0 Å². The summed E-state index contributed by atoms with van der Waals surface area (Å²) in [5, 5.41) is 4.21. The van der Waals surface area contributed by atoms with Crippen LogP contribution in [0.1, 0.15) is 24.0 Å². The Bertz CT molecular complexity index is 780. The highest BCUT2D eigenvalue weighted by Crippen LogP contribution is 2.18. The van der Waals surface area contributed by atoms with Gasteiger partial charge in [-0.1, -0.05) is 42.5 Å². The first-order chi connectivity index (χ1) is 11.6. The van der Waals surface area contributed by atoms with E-state index in [0.29, 0.717) is 6.54 Å². The van der Waals surface area contributed by atoms with Crippen LogP contribution < -0.4 is 0 Å². The van der Waals surface area contributed by atoms with Gasteiger partial charge in [-0.2, -0.15) is 5.10 Å². The molecule has 0 aliphatic rings. The number of benzene rings is 2. The van der Waals surface area contributed by atoms with Crippen molar-refractivity contribution in [1.82, 2.24) is 14.7 Å². The molecule has 0 saturated carbocycles. The first-order valence-electron chi connectivity index (χ1n) is 8.04.